The van der Waals surface area contributed by atoms with Crippen LogP contribution in [0.15, 0.2) is 36.4 Å². The standard InChI is InChI=1S/C21H25N5O/c1-14-20(15(2)24(3)22-14)17-13-19(25(4)23-17)21(27)26-12-8-11-18(26)16-9-6-5-7-10-16/h5-7,9-10,13,18H,8,11-12H2,1-4H3. The fourth-order valence-electron chi connectivity index (χ4n) is 4.11. The molecule has 6 heteroatoms. The Labute approximate surface area is 159 Å². The third kappa shape index (κ3) is 2.95. The molecule has 4 rings (SSSR count). The van der Waals surface area contributed by atoms with Crippen molar-refractivity contribution < 1.29 is 4.79 Å². The number of likely N-dealkylation sites (tertiary alicyclic amines) is 1. The lowest BCUT2D eigenvalue weighted by Gasteiger charge is -2.25. The van der Waals surface area contributed by atoms with E-state index < -0.39 is 0 Å². The maximum Gasteiger partial charge on any atom is 0.272 e. The van der Waals surface area contributed by atoms with E-state index in [2.05, 4.69) is 22.3 Å². The molecule has 1 saturated heterocycles. The number of carbonyl (C=O) groups excluding carboxylic acids is 1. The zero-order chi connectivity index (χ0) is 19.1. The molecule has 0 N–H and O–H groups in total. The van der Waals surface area contributed by atoms with Crippen LogP contribution in [0.4, 0.5) is 0 Å². The molecule has 0 bridgehead atoms. The molecular weight excluding hydrogens is 338 g/mol. The van der Waals surface area contributed by atoms with Crippen molar-refractivity contribution >= 4 is 5.91 Å². The lowest BCUT2D eigenvalue weighted by atomic mass is 10.0. The van der Waals surface area contributed by atoms with Gasteiger partial charge in [0, 0.05) is 31.9 Å². The summed E-state index contributed by atoms with van der Waals surface area (Å²) in [4.78, 5) is 15.3. The van der Waals surface area contributed by atoms with Crippen molar-refractivity contribution in [1.82, 2.24) is 24.5 Å². The van der Waals surface area contributed by atoms with Crippen molar-refractivity contribution in [1.29, 1.82) is 0 Å². The van der Waals surface area contributed by atoms with E-state index in [9.17, 15) is 4.79 Å². The molecule has 1 atom stereocenters. The third-order valence-corrected chi connectivity index (χ3v) is 5.56. The Morgan fingerprint density at radius 1 is 1.07 bits per heavy atom. The molecule has 1 aliphatic rings. The van der Waals surface area contributed by atoms with Gasteiger partial charge in [0.25, 0.3) is 5.91 Å². The molecule has 1 fully saturated rings. The molecule has 0 radical (unpaired) electrons. The van der Waals surface area contributed by atoms with E-state index in [-0.39, 0.29) is 11.9 Å². The number of carbonyl (C=O) groups is 1. The van der Waals surface area contributed by atoms with Gasteiger partial charge in [-0.15, -0.1) is 0 Å². The molecule has 6 nitrogen and oxygen atoms in total. The Morgan fingerprint density at radius 2 is 1.81 bits per heavy atom. The van der Waals surface area contributed by atoms with E-state index in [4.69, 9.17) is 0 Å². The fourth-order valence-corrected chi connectivity index (χ4v) is 4.11. The van der Waals surface area contributed by atoms with Crippen molar-refractivity contribution in [3.8, 4) is 11.3 Å². The first kappa shape index (κ1) is 17.5. The van der Waals surface area contributed by atoms with Crippen LogP contribution < -0.4 is 0 Å². The lowest BCUT2D eigenvalue weighted by molar-refractivity contribution is 0.0724. The Morgan fingerprint density at radius 3 is 2.48 bits per heavy atom. The Balaban J connectivity index is 1.68. The number of rotatable bonds is 3. The van der Waals surface area contributed by atoms with Crippen LogP contribution in [0.1, 0.15) is 46.3 Å². The van der Waals surface area contributed by atoms with Gasteiger partial charge in [-0.25, -0.2) is 0 Å². The van der Waals surface area contributed by atoms with E-state index in [1.54, 1.807) is 4.68 Å². The molecule has 27 heavy (non-hydrogen) atoms. The van der Waals surface area contributed by atoms with E-state index in [1.165, 1.54) is 5.56 Å². The number of aryl methyl sites for hydroxylation is 3. The summed E-state index contributed by atoms with van der Waals surface area (Å²) in [6, 6.07) is 12.3. The zero-order valence-electron chi connectivity index (χ0n) is 16.3. The molecular formula is C21H25N5O. The topological polar surface area (TPSA) is 56.0 Å². The van der Waals surface area contributed by atoms with Crippen LogP contribution in [0.3, 0.4) is 0 Å². The summed E-state index contributed by atoms with van der Waals surface area (Å²) in [6.45, 7) is 4.78. The Kier molecular flexibility index (Phi) is 4.34. The van der Waals surface area contributed by atoms with Gasteiger partial charge in [-0.3, -0.25) is 14.2 Å². The maximum absolute atomic E-state index is 13.3. The van der Waals surface area contributed by atoms with Crippen LogP contribution in [-0.2, 0) is 14.1 Å². The van der Waals surface area contributed by atoms with Crippen molar-refractivity contribution in [2.24, 2.45) is 14.1 Å². The molecule has 140 valence electrons. The van der Waals surface area contributed by atoms with Crippen LogP contribution in [0.2, 0.25) is 0 Å². The van der Waals surface area contributed by atoms with Crippen LogP contribution in [0.5, 0.6) is 0 Å². The van der Waals surface area contributed by atoms with Crippen molar-refractivity contribution in [2.75, 3.05) is 6.54 Å². The van der Waals surface area contributed by atoms with Crippen LogP contribution >= 0.6 is 0 Å². The van der Waals surface area contributed by atoms with Gasteiger partial charge >= 0.3 is 0 Å². The molecule has 0 aliphatic carbocycles. The molecule has 3 heterocycles. The van der Waals surface area contributed by atoms with E-state index >= 15 is 0 Å². The second kappa shape index (κ2) is 6.68. The summed E-state index contributed by atoms with van der Waals surface area (Å²) in [6.07, 6.45) is 2.03. The number of hydrogen-bond donors (Lipinski definition) is 0. The molecule has 1 aromatic carbocycles. The SMILES string of the molecule is Cc1nn(C)c(C)c1-c1cc(C(=O)N2CCCC2c2ccccc2)n(C)n1. The van der Waals surface area contributed by atoms with Gasteiger partial charge in [-0.2, -0.15) is 10.2 Å². The monoisotopic (exact) mass is 363 g/mol. The first-order chi connectivity index (χ1) is 13.0. The van der Waals surface area contributed by atoms with Crippen molar-refractivity contribution in [3.63, 3.8) is 0 Å². The largest absolute Gasteiger partial charge is 0.330 e. The van der Waals surface area contributed by atoms with Crippen molar-refractivity contribution in [2.45, 2.75) is 32.7 Å². The average Bonchev–Trinajstić information content (AvgIpc) is 3.34. The van der Waals surface area contributed by atoms with Crippen molar-refractivity contribution in [3.05, 3.63) is 59.0 Å². The van der Waals surface area contributed by atoms with Gasteiger partial charge in [0.1, 0.15) is 5.69 Å². The number of hydrogen-bond acceptors (Lipinski definition) is 3. The summed E-state index contributed by atoms with van der Waals surface area (Å²) < 4.78 is 3.55. The third-order valence-electron chi connectivity index (χ3n) is 5.56. The zero-order valence-corrected chi connectivity index (χ0v) is 16.3. The number of nitrogens with zero attached hydrogens (tertiary/aromatic N) is 5. The molecule has 0 spiro atoms. The smallest absolute Gasteiger partial charge is 0.272 e. The number of aromatic nitrogens is 4. The van der Waals surface area contributed by atoms with Gasteiger partial charge in [0.05, 0.1) is 17.4 Å². The Bertz CT molecular complexity index is 986. The summed E-state index contributed by atoms with van der Waals surface area (Å²) >= 11 is 0. The molecule has 1 unspecified atom stereocenters. The highest BCUT2D eigenvalue weighted by Crippen LogP contribution is 2.34. The average molecular weight is 363 g/mol. The van der Waals surface area contributed by atoms with E-state index in [0.717, 1.165) is 42.0 Å². The van der Waals surface area contributed by atoms with Gasteiger partial charge in [0.2, 0.25) is 0 Å². The normalized spacial score (nSPS) is 16.9. The summed E-state index contributed by atoms with van der Waals surface area (Å²) in [7, 11) is 3.76. The molecule has 3 aromatic rings. The van der Waals surface area contributed by atoms with Crippen LogP contribution in [0.25, 0.3) is 11.3 Å². The van der Waals surface area contributed by atoms with E-state index in [1.807, 2.05) is 61.8 Å². The first-order valence-corrected chi connectivity index (χ1v) is 9.38. The highest BCUT2D eigenvalue weighted by Gasteiger charge is 2.32. The number of amides is 1. The predicted octanol–water partition coefficient (Wildman–Crippen LogP) is 3.41. The number of benzene rings is 1. The quantitative estimate of drug-likeness (QED) is 0.716. The Hall–Kier alpha value is -2.89. The van der Waals surface area contributed by atoms with Gasteiger partial charge in [0.15, 0.2) is 0 Å². The van der Waals surface area contributed by atoms with Gasteiger partial charge < -0.3 is 4.90 Å². The van der Waals surface area contributed by atoms with Crippen LogP contribution in [-0.4, -0.2) is 36.9 Å². The summed E-state index contributed by atoms with van der Waals surface area (Å²) in [5.74, 6) is 0.0433. The first-order valence-electron chi connectivity index (χ1n) is 9.38. The molecule has 1 aliphatic heterocycles. The maximum atomic E-state index is 13.3. The van der Waals surface area contributed by atoms with E-state index in [0.29, 0.717) is 5.69 Å². The second-order valence-corrected chi connectivity index (χ2v) is 7.28. The minimum absolute atomic E-state index is 0.0433. The predicted molar refractivity (Wildman–Crippen MR) is 104 cm³/mol. The summed E-state index contributed by atoms with van der Waals surface area (Å²) in [5, 5.41) is 9.09. The molecule has 0 saturated carbocycles. The highest BCUT2D eigenvalue weighted by atomic mass is 16.2. The summed E-state index contributed by atoms with van der Waals surface area (Å²) in [5.41, 5.74) is 5.61. The van der Waals surface area contributed by atoms with Gasteiger partial charge in [-0.05, 0) is 38.3 Å². The minimum atomic E-state index is 0.0433. The molecule has 2 aromatic heterocycles. The van der Waals surface area contributed by atoms with Gasteiger partial charge in [-0.1, -0.05) is 30.3 Å². The van der Waals surface area contributed by atoms with Crippen LogP contribution in [0, 0.1) is 13.8 Å². The highest BCUT2D eigenvalue weighted by molar-refractivity contribution is 5.94. The lowest BCUT2D eigenvalue weighted by Crippen LogP contribution is -2.31. The second-order valence-electron chi connectivity index (χ2n) is 7.28. The molecule has 1 amide bonds. The fraction of sp³-hybridized carbons (Fsp3) is 0.381. The minimum Gasteiger partial charge on any atom is -0.330 e.